The van der Waals surface area contributed by atoms with Crippen LogP contribution in [0.3, 0.4) is 0 Å². The number of aliphatic hydroxyl groups is 1. The molecule has 2 rings (SSSR count). The second kappa shape index (κ2) is 6.45. The Labute approximate surface area is 121 Å². The fourth-order valence-electron chi connectivity index (χ4n) is 1.75. The molecule has 0 amide bonds. The molecule has 1 N–H and O–H groups in total. The van der Waals surface area contributed by atoms with E-state index >= 15 is 0 Å². The van der Waals surface area contributed by atoms with Gasteiger partial charge in [0.1, 0.15) is 5.75 Å². The standard InChI is InChI=1S/C15H14O4S/c1-19-11-6-7-13(10(8-11)9-16)20-14-5-3-2-4-12(14)15(17)18/h2-8,16H,9H2,1H3,(H,17,18)/p-1. The Kier molecular flexibility index (Phi) is 4.65. The van der Waals surface area contributed by atoms with Crippen molar-refractivity contribution in [3.63, 3.8) is 0 Å². The third-order valence-corrected chi connectivity index (χ3v) is 3.96. The van der Waals surface area contributed by atoms with Crippen molar-refractivity contribution in [3.8, 4) is 5.75 Å². The van der Waals surface area contributed by atoms with Crippen molar-refractivity contribution in [1.82, 2.24) is 0 Å². The second-order valence-corrected chi connectivity index (χ2v) is 5.10. The molecule has 0 aliphatic rings. The van der Waals surface area contributed by atoms with Gasteiger partial charge in [-0.25, -0.2) is 0 Å². The van der Waals surface area contributed by atoms with Crippen molar-refractivity contribution in [3.05, 3.63) is 53.6 Å². The van der Waals surface area contributed by atoms with Crippen molar-refractivity contribution in [2.24, 2.45) is 0 Å². The van der Waals surface area contributed by atoms with E-state index in [-0.39, 0.29) is 12.2 Å². The van der Waals surface area contributed by atoms with Crippen LogP contribution in [0.1, 0.15) is 15.9 Å². The number of carboxylic acid groups (broad SMARTS) is 1. The summed E-state index contributed by atoms with van der Waals surface area (Å²) in [6.45, 7) is -0.146. The van der Waals surface area contributed by atoms with Crippen LogP contribution in [0.15, 0.2) is 52.3 Å². The number of hydrogen-bond donors (Lipinski definition) is 1. The van der Waals surface area contributed by atoms with Gasteiger partial charge in [0.25, 0.3) is 0 Å². The van der Waals surface area contributed by atoms with Gasteiger partial charge in [-0.05, 0) is 29.8 Å². The van der Waals surface area contributed by atoms with Gasteiger partial charge in [0, 0.05) is 15.4 Å². The number of hydrogen-bond acceptors (Lipinski definition) is 5. The lowest BCUT2D eigenvalue weighted by Crippen LogP contribution is -2.22. The molecule has 2 aromatic carbocycles. The van der Waals surface area contributed by atoms with E-state index in [1.807, 2.05) is 0 Å². The highest BCUT2D eigenvalue weighted by Crippen LogP contribution is 2.34. The Morgan fingerprint density at radius 1 is 1.25 bits per heavy atom. The molecule has 0 aliphatic heterocycles. The van der Waals surface area contributed by atoms with Crippen LogP contribution in [-0.4, -0.2) is 18.2 Å². The number of carboxylic acids is 1. The molecular weight excluding hydrogens is 276 g/mol. The van der Waals surface area contributed by atoms with Gasteiger partial charge in [-0.15, -0.1) is 0 Å². The molecule has 0 spiro atoms. The zero-order valence-electron chi connectivity index (χ0n) is 10.8. The van der Waals surface area contributed by atoms with Crippen LogP contribution < -0.4 is 9.84 Å². The van der Waals surface area contributed by atoms with Gasteiger partial charge in [0.05, 0.1) is 19.7 Å². The van der Waals surface area contributed by atoms with Crippen LogP contribution in [0.4, 0.5) is 0 Å². The SMILES string of the molecule is COc1ccc(Sc2ccccc2C(=O)[O-])c(CO)c1. The quantitative estimate of drug-likeness (QED) is 0.907. The van der Waals surface area contributed by atoms with Crippen LogP contribution in [0.5, 0.6) is 5.75 Å². The van der Waals surface area contributed by atoms with Crippen molar-refractivity contribution in [2.75, 3.05) is 7.11 Å². The van der Waals surface area contributed by atoms with Gasteiger partial charge >= 0.3 is 0 Å². The van der Waals surface area contributed by atoms with Gasteiger partial charge in [-0.1, -0.05) is 30.0 Å². The molecule has 5 heteroatoms. The van der Waals surface area contributed by atoms with Crippen LogP contribution >= 0.6 is 11.8 Å². The minimum absolute atomic E-state index is 0.136. The minimum Gasteiger partial charge on any atom is -0.545 e. The topological polar surface area (TPSA) is 69.6 Å². The number of methoxy groups -OCH3 is 1. The van der Waals surface area contributed by atoms with Crippen LogP contribution in [-0.2, 0) is 6.61 Å². The molecule has 0 fully saturated rings. The van der Waals surface area contributed by atoms with E-state index in [1.54, 1.807) is 43.5 Å². The fourth-order valence-corrected chi connectivity index (χ4v) is 2.78. The highest BCUT2D eigenvalue weighted by molar-refractivity contribution is 7.99. The van der Waals surface area contributed by atoms with E-state index in [1.165, 1.54) is 17.8 Å². The van der Waals surface area contributed by atoms with E-state index in [0.717, 1.165) is 4.90 Å². The lowest BCUT2D eigenvalue weighted by Gasteiger charge is -2.12. The molecule has 0 radical (unpaired) electrons. The average molecular weight is 289 g/mol. The molecule has 0 unspecified atom stereocenters. The van der Waals surface area contributed by atoms with E-state index in [9.17, 15) is 15.0 Å². The monoisotopic (exact) mass is 289 g/mol. The summed E-state index contributed by atoms with van der Waals surface area (Å²) in [6.07, 6.45) is 0. The number of rotatable bonds is 5. The fraction of sp³-hybridized carbons (Fsp3) is 0.133. The zero-order chi connectivity index (χ0) is 14.5. The minimum atomic E-state index is -1.22. The Morgan fingerprint density at radius 2 is 2.00 bits per heavy atom. The number of ether oxygens (including phenoxy) is 1. The van der Waals surface area contributed by atoms with Gasteiger partial charge in [0.2, 0.25) is 0 Å². The first-order chi connectivity index (χ1) is 9.65. The second-order valence-electron chi connectivity index (χ2n) is 4.02. The predicted molar refractivity (Wildman–Crippen MR) is 73.8 cm³/mol. The largest absolute Gasteiger partial charge is 0.545 e. The summed E-state index contributed by atoms with van der Waals surface area (Å²) >= 11 is 1.28. The first-order valence-electron chi connectivity index (χ1n) is 5.91. The number of aliphatic hydroxyl groups excluding tert-OH is 1. The normalized spacial score (nSPS) is 10.3. The Balaban J connectivity index is 2.37. The first kappa shape index (κ1) is 14.4. The van der Waals surface area contributed by atoms with E-state index in [0.29, 0.717) is 16.2 Å². The molecule has 0 aromatic heterocycles. The number of carbonyl (C=O) groups excluding carboxylic acids is 1. The number of aromatic carboxylic acids is 1. The van der Waals surface area contributed by atoms with Crippen LogP contribution in [0.2, 0.25) is 0 Å². The first-order valence-corrected chi connectivity index (χ1v) is 6.73. The van der Waals surface area contributed by atoms with E-state index < -0.39 is 5.97 Å². The predicted octanol–water partition coefficient (Wildman–Crippen LogP) is 1.70. The molecule has 0 saturated heterocycles. The maximum absolute atomic E-state index is 11.1. The molecule has 0 saturated carbocycles. The van der Waals surface area contributed by atoms with E-state index in [4.69, 9.17) is 4.74 Å². The van der Waals surface area contributed by atoms with Gasteiger partial charge < -0.3 is 19.7 Å². The Morgan fingerprint density at radius 3 is 2.65 bits per heavy atom. The maximum Gasteiger partial charge on any atom is 0.119 e. The summed E-state index contributed by atoms with van der Waals surface area (Å²) in [7, 11) is 1.55. The number of carbonyl (C=O) groups is 1. The van der Waals surface area contributed by atoms with Gasteiger partial charge in [-0.2, -0.15) is 0 Å². The Hall–Kier alpha value is -1.98. The summed E-state index contributed by atoms with van der Waals surface area (Å²) < 4.78 is 5.10. The molecular formula is C15H13O4S-. The number of benzene rings is 2. The maximum atomic E-state index is 11.1. The summed E-state index contributed by atoms with van der Waals surface area (Å²) in [5.74, 6) is -0.571. The molecule has 104 valence electrons. The van der Waals surface area contributed by atoms with Gasteiger partial charge in [-0.3, -0.25) is 0 Å². The molecule has 0 atom stereocenters. The zero-order valence-corrected chi connectivity index (χ0v) is 11.6. The summed E-state index contributed by atoms with van der Waals surface area (Å²) in [4.78, 5) is 12.4. The third kappa shape index (κ3) is 3.12. The molecule has 0 aliphatic carbocycles. The van der Waals surface area contributed by atoms with Crippen molar-refractivity contribution in [2.45, 2.75) is 16.4 Å². The van der Waals surface area contributed by atoms with Gasteiger partial charge in [0.15, 0.2) is 0 Å². The average Bonchev–Trinajstić information content (AvgIpc) is 2.48. The van der Waals surface area contributed by atoms with Crippen molar-refractivity contribution in [1.29, 1.82) is 0 Å². The Bertz CT molecular complexity index is 625. The highest BCUT2D eigenvalue weighted by Gasteiger charge is 2.09. The van der Waals surface area contributed by atoms with Crippen molar-refractivity contribution >= 4 is 17.7 Å². The molecule has 0 bridgehead atoms. The smallest absolute Gasteiger partial charge is 0.119 e. The lowest BCUT2D eigenvalue weighted by atomic mass is 10.2. The molecule has 20 heavy (non-hydrogen) atoms. The summed E-state index contributed by atoms with van der Waals surface area (Å²) in [6, 6.07) is 11.9. The lowest BCUT2D eigenvalue weighted by molar-refractivity contribution is -0.255. The van der Waals surface area contributed by atoms with Crippen LogP contribution in [0.25, 0.3) is 0 Å². The van der Waals surface area contributed by atoms with E-state index in [2.05, 4.69) is 0 Å². The van der Waals surface area contributed by atoms with Crippen molar-refractivity contribution < 1.29 is 19.7 Å². The molecule has 4 nitrogen and oxygen atoms in total. The van der Waals surface area contributed by atoms with Crippen LogP contribution in [0, 0.1) is 0 Å². The summed E-state index contributed by atoms with van der Waals surface area (Å²) in [5, 5.41) is 20.5. The molecule has 0 heterocycles. The molecule has 2 aromatic rings. The highest BCUT2D eigenvalue weighted by atomic mass is 32.2. The third-order valence-electron chi connectivity index (χ3n) is 2.76. The summed E-state index contributed by atoms with van der Waals surface area (Å²) in [5.41, 5.74) is 0.819.